The minimum absolute atomic E-state index is 0.217. The van der Waals surface area contributed by atoms with Crippen LogP contribution in [0.15, 0.2) is 42.5 Å². The van der Waals surface area contributed by atoms with Gasteiger partial charge >= 0.3 is 6.18 Å². The predicted octanol–water partition coefficient (Wildman–Crippen LogP) is 4.85. The highest BCUT2D eigenvalue weighted by atomic mass is 32.1. The SMILES string of the molecule is Fc1cccc2c1[nH]c(=S)n2-c1ccc(C(F)(F)F)cc1. The van der Waals surface area contributed by atoms with Gasteiger partial charge in [0.2, 0.25) is 0 Å². The Morgan fingerprint density at radius 3 is 2.29 bits per heavy atom. The number of imidazole rings is 1. The lowest BCUT2D eigenvalue weighted by molar-refractivity contribution is -0.137. The topological polar surface area (TPSA) is 20.7 Å². The zero-order chi connectivity index (χ0) is 15.2. The van der Waals surface area contributed by atoms with Gasteiger partial charge in [0.1, 0.15) is 11.3 Å². The van der Waals surface area contributed by atoms with Crippen molar-refractivity contribution in [3.8, 4) is 5.69 Å². The number of hydrogen-bond acceptors (Lipinski definition) is 1. The van der Waals surface area contributed by atoms with Gasteiger partial charge in [-0.3, -0.25) is 4.57 Å². The number of nitrogens with zero attached hydrogens (tertiary/aromatic N) is 1. The van der Waals surface area contributed by atoms with Crippen LogP contribution in [0.5, 0.6) is 0 Å². The summed E-state index contributed by atoms with van der Waals surface area (Å²) >= 11 is 5.12. The van der Waals surface area contributed by atoms with Crippen molar-refractivity contribution in [2.24, 2.45) is 0 Å². The minimum Gasteiger partial charge on any atom is -0.328 e. The first kappa shape index (κ1) is 13.8. The Bertz CT molecular complexity index is 859. The van der Waals surface area contributed by atoms with E-state index in [4.69, 9.17) is 12.2 Å². The highest BCUT2D eigenvalue weighted by molar-refractivity contribution is 7.71. The van der Waals surface area contributed by atoms with E-state index in [2.05, 4.69) is 4.98 Å². The third-order valence-corrected chi connectivity index (χ3v) is 3.41. The maximum atomic E-state index is 13.7. The highest BCUT2D eigenvalue weighted by Gasteiger charge is 2.30. The van der Waals surface area contributed by atoms with Crippen molar-refractivity contribution >= 4 is 23.3 Å². The van der Waals surface area contributed by atoms with Crippen LogP contribution in [0.3, 0.4) is 0 Å². The second-order valence-electron chi connectivity index (χ2n) is 4.44. The van der Waals surface area contributed by atoms with Gasteiger partial charge in [-0.05, 0) is 48.6 Å². The van der Waals surface area contributed by atoms with E-state index in [1.807, 2.05) is 0 Å². The molecule has 7 heteroatoms. The molecule has 21 heavy (non-hydrogen) atoms. The molecule has 108 valence electrons. The van der Waals surface area contributed by atoms with E-state index in [1.54, 1.807) is 6.07 Å². The number of nitrogens with one attached hydrogen (secondary N) is 1. The van der Waals surface area contributed by atoms with Crippen LogP contribution >= 0.6 is 12.2 Å². The number of para-hydroxylation sites is 1. The summed E-state index contributed by atoms with van der Waals surface area (Å²) in [4.78, 5) is 2.72. The first-order chi connectivity index (χ1) is 9.88. The fourth-order valence-electron chi connectivity index (χ4n) is 2.15. The average Bonchev–Trinajstić information content (AvgIpc) is 2.76. The van der Waals surface area contributed by atoms with Gasteiger partial charge in [-0.25, -0.2) is 4.39 Å². The quantitative estimate of drug-likeness (QED) is 0.503. The van der Waals surface area contributed by atoms with Gasteiger partial charge < -0.3 is 4.98 Å². The second-order valence-corrected chi connectivity index (χ2v) is 4.83. The Morgan fingerprint density at radius 2 is 1.67 bits per heavy atom. The van der Waals surface area contributed by atoms with Gasteiger partial charge in [-0.1, -0.05) is 6.07 Å². The lowest BCUT2D eigenvalue weighted by atomic mass is 10.2. The molecular formula is C14H8F4N2S. The van der Waals surface area contributed by atoms with E-state index in [0.717, 1.165) is 12.1 Å². The molecule has 1 heterocycles. The molecule has 2 nitrogen and oxygen atoms in total. The van der Waals surface area contributed by atoms with Crippen molar-refractivity contribution < 1.29 is 17.6 Å². The van der Waals surface area contributed by atoms with Crippen molar-refractivity contribution in [1.29, 1.82) is 0 Å². The van der Waals surface area contributed by atoms with Crippen LogP contribution in [0.4, 0.5) is 17.6 Å². The van der Waals surface area contributed by atoms with Crippen LogP contribution < -0.4 is 0 Å². The number of aromatic amines is 1. The van der Waals surface area contributed by atoms with Crippen LogP contribution in [0.1, 0.15) is 5.56 Å². The molecule has 0 aliphatic carbocycles. The summed E-state index contributed by atoms with van der Waals surface area (Å²) in [5.74, 6) is -0.468. The number of hydrogen-bond donors (Lipinski definition) is 1. The van der Waals surface area contributed by atoms with Crippen LogP contribution in [0.25, 0.3) is 16.7 Å². The molecule has 0 bridgehead atoms. The van der Waals surface area contributed by atoms with Crippen LogP contribution in [0, 0.1) is 10.6 Å². The number of fused-ring (bicyclic) bond motifs is 1. The molecule has 0 aliphatic heterocycles. The Kier molecular flexibility index (Phi) is 3.09. The molecule has 0 atom stereocenters. The Morgan fingerprint density at radius 1 is 1.00 bits per heavy atom. The molecule has 0 saturated carbocycles. The number of aromatic nitrogens is 2. The van der Waals surface area contributed by atoms with E-state index in [9.17, 15) is 17.6 Å². The molecule has 3 aromatic rings. The van der Waals surface area contributed by atoms with Gasteiger partial charge in [0.05, 0.1) is 11.1 Å². The molecule has 0 saturated heterocycles. The molecule has 0 amide bonds. The lowest BCUT2D eigenvalue weighted by Gasteiger charge is -2.09. The molecule has 0 aliphatic rings. The van der Waals surface area contributed by atoms with E-state index in [1.165, 1.54) is 28.8 Å². The summed E-state index contributed by atoms with van der Waals surface area (Å²) in [7, 11) is 0. The fraction of sp³-hybridized carbons (Fsp3) is 0.0714. The third-order valence-electron chi connectivity index (χ3n) is 3.12. The maximum Gasteiger partial charge on any atom is 0.416 e. The predicted molar refractivity (Wildman–Crippen MR) is 73.4 cm³/mol. The van der Waals surface area contributed by atoms with E-state index >= 15 is 0 Å². The molecule has 3 rings (SSSR count). The van der Waals surface area contributed by atoms with Crippen molar-refractivity contribution in [3.05, 3.63) is 58.6 Å². The highest BCUT2D eigenvalue weighted by Crippen LogP contribution is 2.30. The van der Waals surface area contributed by atoms with Crippen molar-refractivity contribution in [1.82, 2.24) is 9.55 Å². The maximum absolute atomic E-state index is 13.7. The standard InChI is InChI=1S/C14H8F4N2S/c15-10-2-1-3-11-12(10)19-13(21)20(11)9-6-4-8(5-7-9)14(16,17)18/h1-7H,(H,19,21). The number of rotatable bonds is 1. The molecule has 0 unspecified atom stereocenters. The summed E-state index contributed by atoms with van der Waals surface area (Å²) in [6.07, 6.45) is -4.40. The average molecular weight is 312 g/mol. The van der Waals surface area contributed by atoms with Crippen molar-refractivity contribution in [3.63, 3.8) is 0 Å². The smallest absolute Gasteiger partial charge is 0.328 e. The van der Waals surface area contributed by atoms with E-state index in [-0.39, 0.29) is 10.3 Å². The first-order valence-electron chi connectivity index (χ1n) is 5.95. The number of alkyl halides is 3. The molecule has 0 fully saturated rings. The number of halogens is 4. The monoisotopic (exact) mass is 312 g/mol. The summed E-state index contributed by atoms with van der Waals surface area (Å²) in [5.41, 5.74) is 0.385. The molecular weight excluding hydrogens is 304 g/mol. The number of benzene rings is 2. The Labute approximate surface area is 121 Å². The number of H-pyrrole nitrogens is 1. The van der Waals surface area contributed by atoms with Crippen molar-refractivity contribution in [2.75, 3.05) is 0 Å². The minimum atomic E-state index is -4.40. The third kappa shape index (κ3) is 2.33. The summed E-state index contributed by atoms with van der Waals surface area (Å²) in [6.45, 7) is 0. The molecule has 2 aromatic carbocycles. The second kappa shape index (κ2) is 4.70. The van der Waals surface area contributed by atoms with Crippen LogP contribution in [-0.2, 0) is 6.18 Å². The zero-order valence-corrected chi connectivity index (χ0v) is 11.2. The lowest BCUT2D eigenvalue weighted by Crippen LogP contribution is -2.05. The summed E-state index contributed by atoms with van der Waals surface area (Å²) in [6, 6.07) is 8.98. The van der Waals surface area contributed by atoms with Gasteiger partial charge in [-0.15, -0.1) is 0 Å². The molecule has 1 N–H and O–H groups in total. The van der Waals surface area contributed by atoms with E-state index in [0.29, 0.717) is 11.2 Å². The Hall–Kier alpha value is -2.15. The van der Waals surface area contributed by atoms with Crippen molar-refractivity contribution in [2.45, 2.75) is 6.18 Å². The fourth-order valence-corrected chi connectivity index (χ4v) is 2.46. The molecule has 1 aromatic heterocycles. The van der Waals surface area contributed by atoms with Gasteiger partial charge in [0.25, 0.3) is 0 Å². The molecule has 0 spiro atoms. The van der Waals surface area contributed by atoms with Crippen LogP contribution in [-0.4, -0.2) is 9.55 Å². The van der Waals surface area contributed by atoms with Gasteiger partial charge in [-0.2, -0.15) is 13.2 Å². The zero-order valence-electron chi connectivity index (χ0n) is 10.4. The normalized spacial score (nSPS) is 12.0. The first-order valence-corrected chi connectivity index (χ1v) is 6.35. The van der Waals surface area contributed by atoms with E-state index < -0.39 is 17.6 Å². The summed E-state index contributed by atoms with van der Waals surface area (Å²) in [5, 5.41) is 0. The van der Waals surface area contributed by atoms with Crippen LogP contribution in [0.2, 0.25) is 0 Å². The summed E-state index contributed by atoms with van der Waals surface area (Å²) < 4.78 is 53.1. The molecule has 0 radical (unpaired) electrons. The largest absolute Gasteiger partial charge is 0.416 e. The Balaban J connectivity index is 2.19. The van der Waals surface area contributed by atoms with Gasteiger partial charge in [0, 0.05) is 5.69 Å². The van der Waals surface area contributed by atoms with Gasteiger partial charge in [0.15, 0.2) is 4.77 Å².